The second kappa shape index (κ2) is 5.29. The maximum absolute atomic E-state index is 13.7. The van der Waals surface area contributed by atoms with E-state index >= 15 is 0 Å². The molecule has 104 valence electrons. The Hall–Kier alpha value is -1.81. The molecule has 20 heavy (non-hydrogen) atoms. The second-order valence-electron chi connectivity index (χ2n) is 5.24. The molecule has 0 amide bonds. The third-order valence-corrected chi connectivity index (χ3v) is 3.69. The van der Waals surface area contributed by atoms with Gasteiger partial charge in [-0.05, 0) is 25.0 Å². The van der Waals surface area contributed by atoms with Crippen molar-refractivity contribution in [3.63, 3.8) is 0 Å². The number of hydrogen-bond donors (Lipinski definition) is 1. The number of fused-ring (bicyclic) bond motifs is 1. The Bertz CT molecular complexity index is 652. The van der Waals surface area contributed by atoms with Crippen molar-refractivity contribution >= 4 is 0 Å². The molecule has 0 bridgehead atoms. The van der Waals surface area contributed by atoms with Gasteiger partial charge in [0.2, 0.25) is 0 Å². The molecular weight excluding hydrogens is 253 g/mol. The van der Waals surface area contributed by atoms with Gasteiger partial charge in [-0.25, -0.2) is 14.4 Å². The number of nitrogens with zero attached hydrogens (tertiary/aromatic N) is 2. The molecule has 0 radical (unpaired) electrons. The van der Waals surface area contributed by atoms with Crippen LogP contribution in [0.1, 0.15) is 35.9 Å². The van der Waals surface area contributed by atoms with Gasteiger partial charge in [-0.2, -0.15) is 0 Å². The predicted octanol–water partition coefficient (Wildman–Crippen LogP) is 3.15. The first-order chi connectivity index (χ1) is 9.69. The number of benzene rings is 1. The van der Waals surface area contributed by atoms with Crippen LogP contribution in [0.3, 0.4) is 0 Å². The Morgan fingerprint density at radius 2 is 2.10 bits per heavy atom. The number of halogens is 1. The fourth-order valence-corrected chi connectivity index (χ4v) is 2.54. The average Bonchev–Trinajstić information content (AvgIpc) is 2.90. The largest absolute Gasteiger partial charge is 0.307 e. The Balaban J connectivity index is 2.09. The molecule has 0 saturated heterocycles. The highest BCUT2D eigenvalue weighted by atomic mass is 19.1. The molecule has 1 aromatic carbocycles. The van der Waals surface area contributed by atoms with Crippen molar-refractivity contribution in [3.8, 4) is 11.4 Å². The van der Waals surface area contributed by atoms with Gasteiger partial charge in [-0.1, -0.05) is 25.5 Å². The van der Waals surface area contributed by atoms with Gasteiger partial charge in [0, 0.05) is 29.9 Å². The molecule has 0 fully saturated rings. The van der Waals surface area contributed by atoms with Gasteiger partial charge in [-0.3, -0.25) is 0 Å². The van der Waals surface area contributed by atoms with Crippen LogP contribution < -0.4 is 5.32 Å². The molecule has 0 saturated carbocycles. The number of aryl methyl sites for hydroxylation is 2. The van der Waals surface area contributed by atoms with E-state index < -0.39 is 0 Å². The smallest absolute Gasteiger partial charge is 0.159 e. The van der Waals surface area contributed by atoms with Crippen molar-refractivity contribution in [2.24, 2.45) is 0 Å². The zero-order valence-electron chi connectivity index (χ0n) is 11.8. The van der Waals surface area contributed by atoms with Gasteiger partial charge in [0.05, 0.1) is 5.69 Å². The molecule has 4 heteroatoms. The molecule has 1 N–H and O–H groups in total. The minimum Gasteiger partial charge on any atom is -0.307 e. The molecule has 1 aliphatic rings. The van der Waals surface area contributed by atoms with Crippen molar-refractivity contribution in [3.05, 3.63) is 46.5 Å². The van der Waals surface area contributed by atoms with Crippen LogP contribution in [0, 0.1) is 12.7 Å². The summed E-state index contributed by atoms with van der Waals surface area (Å²) in [5.41, 5.74) is 4.77. The number of aromatic nitrogens is 2. The first kappa shape index (κ1) is 13.2. The van der Waals surface area contributed by atoms with Crippen LogP contribution in [0.25, 0.3) is 11.4 Å². The molecule has 2 aromatic rings. The standard InChI is InChI=1S/C16H18FN3/c1-3-4-14-12-8-18-9-15(12)20-16(19-14)11-6-5-10(2)13(17)7-11/h5-7,18H,3-4,8-9H2,1-2H3. The third-order valence-electron chi connectivity index (χ3n) is 3.69. The third kappa shape index (κ3) is 2.31. The highest BCUT2D eigenvalue weighted by Crippen LogP contribution is 2.24. The van der Waals surface area contributed by atoms with Crippen molar-refractivity contribution in [1.82, 2.24) is 15.3 Å². The van der Waals surface area contributed by atoms with Crippen LogP contribution in [0.15, 0.2) is 18.2 Å². The van der Waals surface area contributed by atoms with Crippen LogP contribution in [-0.2, 0) is 19.5 Å². The van der Waals surface area contributed by atoms with E-state index in [4.69, 9.17) is 0 Å². The summed E-state index contributed by atoms with van der Waals surface area (Å²) in [5.74, 6) is 0.427. The molecule has 0 unspecified atom stereocenters. The van der Waals surface area contributed by atoms with Gasteiger partial charge in [0.25, 0.3) is 0 Å². The normalized spacial score (nSPS) is 13.6. The van der Waals surface area contributed by atoms with Crippen molar-refractivity contribution in [1.29, 1.82) is 0 Å². The fourth-order valence-electron chi connectivity index (χ4n) is 2.54. The zero-order valence-corrected chi connectivity index (χ0v) is 11.8. The molecular formula is C16H18FN3. The van der Waals surface area contributed by atoms with Crippen molar-refractivity contribution in [2.45, 2.75) is 39.8 Å². The lowest BCUT2D eigenvalue weighted by atomic mass is 10.1. The number of hydrogen-bond acceptors (Lipinski definition) is 3. The molecule has 3 rings (SSSR count). The van der Waals surface area contributed by atoms with E-state index in [1.807, 2.05) is 6.07 Å². The van der Waals surface area contributed by atoms with Crippen LogP contribution in [0.4, 0.5) is 4.39 Å². The van der Waals surface area contributed by atoms with Gasteiger partial charge in [-0.15, -0.1) is 0 Å². The summed E-state index contributed by atoms with van der Waals surface area (Å²) in [4.78, 5) is 9.25. The van der Waals surface area contributed by atoms with E-state index in [0.717, 1.165) is 42.9 Å². The van der Waals surface area contributed by atoms with E-state index in [1.54, 1.807) is 13.0 Å². The quantitative estimate of drug-likeness (QED) is 0.932. The maximum atomic E-state index is 13.7. The first-order valence-electron chi connectivity index (χ1n) is 7.05. The van der Waals surface area contributed by atoms with Crippen LogP contribution in [0.5, 0.6) is 0 Å². The summed E-state index contributed by atoms with van der Waals surface area (Å²) < 4.78 is 13.7. The zero-order chi connectivity index (χ0) is 14.1. The van der Waals surface area contributed by atoms with Crippen molar-refractivity contribution in [2.75, 3.05) is 0 Å². The summed E-state index contributed by atoms with van der Waals surface area (Å²) in [6.07, 6.45) is 1.99. The fraction of sp³-hybridized carbons (Fsp3) is 0.375. The first-order valence-corrected chi connectivity index (χ1v) is 7.05. The maximum Gasteiger partial charge on any atom is 0.159 e. The highest BCUT2D eigenvalue weighted by Gasteiger charge is 2.19. The molecule has 0 atom stereocenters. The second-order valence-corrected chi connectivity index (χ2v) is 5.24. The molecule has 3 nitrogen and oxygen atoms in total. The minimum absolute atomic E-state index is 0.207. The summed E-state index contributed by atoms with van der Waals surface area (Å²) >= 11 is 0. The number of rotatable bonds is 3. The SMILES string of the molecule is CCCc1nc(-c2ccc(C)c(F)c2)nc2c1CNC2. The van der Waals surface area contributed by atoms with Crippen LogP contribution in [-0.4, -0.2) is 9.97 Å². The lowest BCUT2D eigenvalue weighted by Gasteiger charge is -2.09. The van der Waals surface area contributed by atoms with E-state index in [2.05, 4.69) is 22.2 Å². The summed E-state index contributed by atoms with van der Waals surface area (Å²) in [5, 5.41) is 3.31. The van der Waals surface area contributed by atoms with Gasteiger partial charge in [0.1, 0.15) is 5.82 Å². The number of nitrogens with one attached hydrogen (secondary N) is 1. The van der Waals surface area contributed by atoms with Gasteiger partial charge < -0.3 is 5.32 Å². The minimum atomic E-state index is -0.207. The van der Waals surface area contributed by atoms with Crippen LogP contribution >= 0.6 is 0 Å². The lowest BCUT2D eigenvalue weighted by Crippen LogP contribution is -2.04. The molecule has 2 heterocycles. The topological polar surface area (TPSA) is 37.8 Å². The predicted molar refractivity (Wildman–Crippen MR) is 76.7 cm³/mol. The summed E-state index contributed by atoms with van der Waals surface area (Å²) in [7, 11) is 0. The Labute approximate surface area is 118 Å². The highest BCUT2D eigenvalue weighted by molar-refractivity contribution is 5.57. The van der Waals surface area contributed by atoms with Gasteiger partial charge >= 0.3 is 0 Å². The van der Waals surface area contributed by atoms with E-state index in [9.17, 15) is 4.39 Å². The monoisotopic (exact) mass is 271 g/mol. The average molecular weight is 271 g/mol. The van der Waals surface area contributed by atoms with Crippen molar-refractivity contribution < 1.29 is 4.39 Å². The Morgan fingerprint density at radius 3 is 2.85 bits per heavy atom. The Kier molecular flexibility index (Phi) is 3.49. The lowest BCUT2D eigenvalue weighted by molar-refractivity contribution is 0.619. The van der Waals surface area contributed by atoms with E-state index in [1.165, 1.54) is 11.6 Å². The molecule has 1 aliphatic heterocycles. The summed E-state index contributed by atoms with van der Waals surface area (Å²) in [6.45, 7) is 5.51. The van der Waals surface area contributed by atoms with E-state index in [0.29, 0.717) is 11.4 Å². The van der Waals surface area contributed by atoms with Gasteiger partial charge in [0.15, 0.2) is 5.82 Å². The van der Waals surface area contributed by atoms with E-state index in [-0.39, 0.29) is 5.82 Å². The van der Waals surface area contributed by atoms with Crippen LogP contribution in [0.2, 0.25) is 0 Å². The molecule has 0 aliphatic carbocycles. The summed E-state index contributed by atoms with van der Waals surface area (Å²) in [6, 6.07) is 5.19. The molecule has 0 spiro atoms. The Morgan fingerprint density at radius 1 is 1.25 bits per heavy atom. The molecule has 1 aromatic heterocycles.